The highest BCUT2D eigenvalue weighted by Crippen LogP contribution is 2.23. The summed E-state index contributed by atoms with van der Waals surface area (Å²) < 4.78 is 26.2. The van der Waals surface area contributed by atoms with Gasteiger partial charge >= 0.3 is 5.97 Å². The maximum absolute atomic E-state index is 12.7. The summed E-state index contributed by atoms with van der Waals surface area (Å²) in [6.07, 6.45) is -0.0677. The molecule has 1 aromatic carbocycles. The number of aliphatic carboxylic acids is 1. The van der Waals surface area contributed by atoms with Crippen LogP contribution in [0.3, 0.4) is 0 Å². The van der Waals surface area contributed by atoms with Crippen molar-refractivity contribution in [2.24, 2.45) is 0 Å². The zero-order valence-corrected chi connectivity index (χ0v) is 13.0. The molecule has 0 radical (unpaired) electrons. The van der Waals surface area contributed by atoms with Crippen molar-refractivity contribution in [3.8, 4) is 6.07 Å². The van der Waals surface area contributed by atoms with Gasteiger partial charge in [-0.1, -0.05) is 17.7 Å². The molecule has 0 aliphatic carbocycles. The summed E-state index contributed by atoms with van der Waals surface area (Å²) in [7, 11) is -3.96. The van der Waals surface area contributed by atoms with Crippen LogP contribution in [0, 0.1) is 25.2 Å². The minimum atomic E-state index is -3.96. The molecule has 21 heavy (non-hydrogen) atoms. The Labute approximate surface area is 124 Å². The van der Waals surface area contributed by atoms with Gasteiger partial charge in [-0.05, 0) is 32.4 Å². The van der Waals surface area contributed by atoms with Gasteiger partial charge in [-0.2, -0.15) is 9.57 Å². The molecule has 0 fully saturated rings. The van der Waals surface area contributed by atoms with E-state index in [1.165, 1.54) is 13.0 Å². The van der Waals surface area contributed by atoms with Crippen molar-refractivity contribution in [2.75, 3.05) is 6.54 Å². The SMILES string of the molecule is Cc1ccc(S(=O)(=O)N(CCC#N)C(C)C(=O)O)c(C)c1. The predicted octanol–water partition coefficient (Wildman–Crippen LogP) is 1.68. The van der Waals surface area contributed by atoms with Crippen molar-refractivity contribution in [3.63, 3.8) is 0 Å². The van der Waals surface area contributed by atoms with Crippen LogP contribution in [-0.4, -0.2) is 36.4 Å². The third-order valence-electron chi connectivity index (χ3n) is 3.15. The Morgan fingerprint density at radius 3 is 2.52 bits per heavy atom. The van der Waals surface area contributed by atoms with E-state index in [2.05, 4.69) is 0 Å². The summed E-state index contributed by atoms with van der Waals surface area (Å²) in [4.78, 5) is 11.2. The Hall–Kier alpha value is -1.91. The molecule has 0 bridgehead atoms. The number of nitriles is 1. The standard InChI is InChI=1S/C14H18N2O4S/c1-10-5-6-13(11(2)9-10)21(19,20)16(8-4-7-15)12(3)14(17)18/h5-6,9,12H,4,8H2,1-3H3,(H,17,18). The first kappa shape index (κ1) is 17.1. The number of nitrogens with zero attached hydrogens (tertiary/aromatic N) is 2. The van der Waals surface area contributed by atoms with Crippen LogP contribution in [0.15, 0.2) is 23.1 Å². The highest BCUT2D eigenvalue weighted by Gasteiger charge is 2.33. The number of hydrogen-bond donors (Lipinski definition) is 1. The summed E-state index contributed by atoms with van der Waals surface area (Å²) in [5.74, 6) is -1.25. The number of hydrogen-bond acceptors (Lipinski definition) is 4. The highest BCUT2D eigenvalue weighted by atomic mass is 32.2. The quantitative estimate of drug-likeness (QED) is 0.862. The van der Waals surface area contributed by atoms with Crippen LogP contribution >= 0.6 is 0 Å². The Bertz CT molecular complexity index is 677. The predicted molar refractivity (Wildman–Crippen MR) is 77.1 cm³/mol. The van der Waals surface area contributed by atoms with Gasteiger partial charge in [0.05, 0.1) is 11.0 Å². The maximum Gasteiger partial charge on any atom is 0.321 e. The minimum absolute atomic E-state index is 0.0677. The highest BCUT2D eigenvalue weighted by molar-refractivity contribution is 7.89. The van der Waals surface area contributed by atoms with Crippen molar-refractivity contribution in [1.29, 1.82) is 5.26 Å². The normalized spacial score (nSPS) is 12.9. The molecule has 0 saturated heterocycles. The molecular formula is C14H18N2O4S. The molecular weight excluding hydrogens is 292 g/mol. The number of sulfonamides is 1. The third-order valence-corrected chi connectivity index (χ3v) is 5.28. The van der Waals surface area contributed by atoms with E-state index in [-0.39, 0.29) is 17.9 Å². The molecule has 114 valence electrons. The molecule has 6 nitrogen and oxygen atoms in total. The van der Waals surface area contributed by atoms with Crippen LogP contribution in [0.4, 0.5) is 0 Å². The van der Waals surface area contributed by atoms with E-state index >= 15 is 0 Å². The van der Waals surface area contributed by atoms with Gasteiger partial charge in [0.25, 0.3) is 0 Å². The van der Waals surface area contributed by atoms with Gasteiger partial charge in [0.2, 0.25) is 10.0 Å². The fourth-order valence-electron chi connectivity index (χ4n) is 2.02. The van der Waals surface area contributed by atoms with Crippen LogP contribution in [0.25, 0.3) is 0 Å². The second kappa shape index (κ2) is 6.70. The van der Waals surface area contributed by atoms with Gasteiger partial charge < -0.3 is 5.11 Å². The molecule has 0 amide bonds. The van der Waals surface area contributed by atoms with E-state index in [1.807, 2.05) is 13.0 Å². The Balaban J connectivity index is 3.33. The van der Waals surface area contributed by atoms with Gasteiger partial charge in [0.15, 0.2) is 0 Å². The number of rotatable bonds is 6. The first-order valence-corrected chi connectivity index (χ1v) is 7.84. The number of carboxylic acid groups (broad SMARTS) is 1. The lowest BCUT2D eigenvalue weighted by atomic mass is 10.2. The average molecular weight is 310 g/mol. The van der Waals surface area contributed by atoms with E-state index < -0.39 is 22.0 Å². The molecule has 7 heteroatoms. The molecule has 0 spiro atoms. The van der Waals surface area contributed by atoms with Crippen LogP contribution in [0.5, 0.6) is 0 Å². The molecule has 1 N–H and O–H groups in total. The van der Waals surface area contributed by atoms with Gasteiger partial charge in [0.1, 0.15) is 6.04 Å². The zero-order chi connectivity index (χ0) is 16.2. The Kier molecular flexibility index (Phi) is 5.47. The Morgan fingerprint density at radius 2 is 2.05 bits per heavy atom. The number of benzene rings is 1. The van der Waals surface area contributed by atoms with Gasteiger partial charge in [-0.3, -0.25) is 4.79 Å². The molecule has 0 aromatic heterocycles. The van der Waals surface area contributed by atoms with E-state index in [0.29, 0.717) is 5.56 Å². The zero-order valence-electron chi connectivity index (χ0n) is 12.2. The first-order chi connectivity index (χ1) is 9.71. The second-order valence-corrected chi connectivity index (χ2v) is 6.67. The maximum atomic E-state index is 12.7. The fourth-order valence-corrected chi connectivity index (χ4v) is 3.82. The molecule has 1 unspecified atom stereocenters. The van der Waals surface area contributed by atoms with Crippen LogP contribution in [-0.2, 0) is 14.8 Å². The minimum Gasteiger partial charge on any atom is -0.480 e. The van der Waals surface area contributed by atoms with Crippen molar-refractivity contribution in [2.45, 2.75) is 38.1 Å². The van der Waals surface area contributed by atoms with E-state index in [1.54, 1.807) is 19.1 Å². The second-order valence-electron chi connectivity index (χ2n) is 4.81. The number of aryl methyl sites for hydroxylation is 2. The molecule has 1 aromatic rings. The first-order valence-electron chi connectivity index (χ1n) is 6.40. The molecule has 0 aliphatic rings. The number of carbonyl (C=O) groups is 1. The fraction of sp³-hybridized carbons (Fsp3) is 0.429. The molecule has 0 saturated carbocycles. The molecule has 0 heterocycles. The van der Waals surface area contributed by atoms with E-state index in [4.69, 9.17) is 10.4 Å². The van der Waals surface area contributed by atoms with Gasteiger partial charge in [-0.25, -0.2) is 8.42 Å². The van der Waals surface area contributed by atoms with Crippen molar-refractivity contribution < 1.29 is 18.3 Å². The average Bonchev–Trinajstić information content (AvgIpc) is 2.37. The molecule has 1 rings (SSSR count). The summed E-state index contributed by atoms with van der Waals surface area (Å²) in [6, 6.07) is 5.46. The van der Waals surface area contributed by atoms with Crippen molar-refractivity contribution in [3.05, 3.63) is 29.3 Å². The van der Waals surface area contributed by atoms with Crippen LogP contribution in [0.2, 0.25) is 0 Å². The van der Waals surface area contributed by atoms with Crippen LogP contribution in [0.1, 0.15) is 24.5 Å². The van der Waals surface area contributed by atoms with E-state index in [9.17, 15) is 13.2 Å². The monoisotopic (exact) mass is 310 g/mol. The molecule has 0 aliphatic heterocycles. The smallest absolute Gasteiger partial charge is 0.321 e. The van der Waals surface area contributed by atoms with E-state index in [0.717, 1.165) is 9.87 Å². The third kappa shape index (κ3) is 3.80. The van der Waals surface area contributed by atoms with Crippen molar-refractivity contribution >= 4 is 16.0 Å². The molecule has 1 atom stereocenters. The summed E-state index contributed by atoms with van der Waals surface area (Å²) in [6.45, 7) is 4.64. The lowest BCUT2D eigenvalue weighted by Gasteiger charge is -2.25. The Morgan fingerprint density at radius 1 is 1.43 bits per heavy atom. The number of carboxylic acids is 1. The largest absolute Gasteiger partial charge is 0.480 e. The van der Waals surface area contributed by atoms with Gasteiger partial charge in [-0.15, -0.1) is 0 Å². The lowest BCUT2D eigenvalue weighted by Crippen LogP contribution is -2.43. The summed E-state index contributed by atoms with van der Waals surface area (Å²) >= 11 is 0. The summed E-state index contributed by atoms with van der Waals surface area (Å²) in [5, 5.41) is 17.7. The van der Waals surface area contributed by atoms with Gasteiger partial charge in [0, 0.05) is 13.0 Å². The summed E-state index contributed by atoms with van der Waals surface area (Å²) in [5.41, 5.74) is 1.47. The lowest BCUT2D eigenvalue weighted by molar-refractivity contribution is -0.140. The van der Waals surface area contributed by atoms with Crippen LogP contribution < -0.4 is 0 Å². The topological polar surface area (TPSA) is 98.5 Å². The van der Waals surface area contributed by atoms with Crippen molar-refractivity contribution in [1.82, 2.24) is 4.31 Å².